The second kappa shape index (κ2) is 4.90. The van der Waals surface area contributed by atoms with Crippen molar-refractivity contribution in [3.05, 3.63) is 16.1 Å². The molecule has 1 aromatic rings. The van der Waals surface area contributed by atoms with Crippen LogP contribution in [0.25, 0.3) is 0 Å². The van der Waals surface area contributed by atoms with Gasteiger partial charge in [-0.15, -0.1) is 11.3 Å². The molecule has 0 aliphatic carbocycles. The largest absolute Gasteiger partial charge is 0.329 e. The maximum Gasteiger partial charge on any atom is 0.0942 e. The second-order valence-electron chi connectivity index (χ2n) is 5.89. The van der Waals surface area contributed by atoms with Gasteiger partial charge in [0.25, 0.3) is 0 Å². The Balaban J connectivity index is 2.11. The standard InChI is InChI=1S/C13H22N2S2/c1-12(2,3)10-8-16-11(15-10)7-13(9-14)5-4-6-17-13/h8H,4-7,9,14H2,1-3H3. The molecule has 1 aliphatic rings. The summed E-state index contributed by atoms with van der Waals surface area (Å²) in [6.45, 7) is 7.43. The minimum atomic E-state index is 0.160. The summed E-state index contributed by atoms with van der Waals surface area (Å²) in [6.07, 6.45) is 3.60. The number of nitrogens with zero attached hydrogens (tertiary/aromatic N) is 1. The third-order valence-electron chi connectivity index (χ3n) is 3.35. The van der Waals surface area contributed by atoms with E-state index in [-0.39, 0.29) is 10.2 Å². The lowest BCUT2D eigenvalue weighted by Gasteiger charge is -2.25. The zero-order chi connectivity index (χ0) is 12.5. The van der Waals surface area contributed by atoms with E-state index in [1.54, 1.807) is 11.3 Å². The van der Waals surface area contributed by atoms with Crippen LogP contribution in [0.4, 0.5) is 0 Å². The summed E-state index contributed by atoms with van der Waals surface area (Å²) >= 11 is 3.84. The van der Waals surface area contributed by atoms with Crippen LogP contribution in [0.5, 0.6) is 0 Å². The number of aromatic nitrogens is 1. The number of nitrogens with two attached hydrogens (primary N) is 1. The van der Waals surface area contributed by atoms with Crippen molar-refractivity contribution >= 4 is 23.1 Å². The summed E-state index contributed by atoms with van der Waals surface area (Å²) in [4.78, 5) is 4.79. The molecule has 0 spiro atoms. The van der Waals surface area contributed by atoms with Crippen molar-refractivity contribution in [2.24, 2.45) is 5.73 Å². The Labute approximate surface area is 112 Å². The van der Waals surface area contributed by atoms with Crippen molar-refractivity contribution in [1.29, 1.82) is 0 Å². The van der Waals surface area contributed by atoms with Crippen LogP contribution in [-0.2, 0) is 11.8 Å². The molecule has 4 heteroatoms. The van der Waals surface area contributed by atoms with Gasteiger partial charge < -0.3 is 5.73 Å². The molecule has 1 saturated heterocycles. The Kier molecular flexibility index (Phi) is 3.86. The van der Waals surface area contributed by atoms with Gasteiger partial charge in [-0.1, -0.05) is 20.8 Å². The summed E-state index contributed by atoms with van der Waals surface area (Å²) < 4.78 is 0.271. The van der Waals surface area contributed by atoms with E-state index >= 15 is 0 Å². The van der Waals surface area contributed by atoms with Crippen LogP contribution in [0.3, 0.4) is 0 Å². The average molecular weight is 270 g/mol. The van der Waals surface area contributed by atoms with Gasteiger partial charge in [-0.05, 0) is 18.6 Å². The first-order chi connectivity index (χ1) is 7.95. The Morgan fingerprint density at radius 1 is 1.47 bits per heavy atom. The van der Waals surface area contributed by atoms with E-state index in [9.17, 15) is 0 Å². The maximum absolute atomic E-state index is 5.97. The topological polar surface area (TPSA) is 38.9 Å². The molecule has 0 bridgehead atoms. The van der Waals surface area contributed by atoms with Crippen LogP contribution in [-0.4, -0.2) is 22.0 Å². The molecule has 1 aliphatic heterocycles. The first-order valence-electron chi connectivity index (χ1n) is 6.24. The Bertz CT molecular complexity index is 373. The molecule has 2 heterocycles. The van der Waals surface area contributed by atoms with E-state index in [0.29, 0.717) is 0 Å². The van der Waals surface area contributed by atoms with Crippen molar-refractivity contribution < 1.29 is 0 Å². The molecule has 0 amide bonds. The lowest BCUT2D eigenvalue weighted by molar-refractivity contribution is 0.549. The van der Waals surface area contributed by atoms with Gasteiger partial charge in [0.05, 0.1) is 10.7 Å². The number of rotatable bonds is 3. The highest BCUT2D eigenvalue weighted by Crippen LogP contribution is 2.40. The zero-order valence-electron chi connectivity index (χ0n) is 11.0. The predicted molar refractivity (Wildman–Crippen MR) is 78.0 cm³/mol. The summed E-state index contributed by atoms with van der Waals surface area (Å²) in [5, 5.41) is 3.47. The fourth-order valence-electron chi connectivity index (χ4n) is 2.14. The van der Waals surface area contributed by atoms with E-state index in [1.165, 1.54) is 29.3 Å². The fraction of sp³-hybridized carbons (Fsp3) is 0.769. The van der Waals surface area contributed by atoms with Crippen molar-refractivity contribution in [2.75, 3.05) is 12.3 Å². The summed E-state index contributed by atoms with van der Waals surface area (Å²) in [6, 6.07) is 0. The SMILES string of the molecule is CC(C)(C)c1csc(CC2(CN)CCCS2)n1. The van der Waals surface area contributed by atoms with Crippen LogP contribution in [0.1, 0.15) is 44.3 Å². The van der Waals surface area contributed by atoms with Crippen LogP contribution in [0, 0.1) is 0 Å². The highest BCUT2D eigenvalue weighted by Gasteiger charge is 2.34. The van der Waals surface area contributed by atoms with E-state index < -0.39 is 0 Å². The van der Waals surface area contributed by atoms with Gasteiger partial charge in [0.2, 0.25) is 0 Å². The molecule has 2 nitrogen and oxygen atoms in total. The van der Waals surface area contributed by atoms with Crippen LogP contribution < -0.4 is 5.73 Å². The second-order valence-corrected chi connectivity index (χ2v) is 8.40. The van der Waals surface area contributed by atoms with Gasteiger partial charge in [0, 0.05) is 28.5 Å². The van der Waals surface area contributed by atoms with Crippen LogP contribution in [0.2, 0.25) is 0 Å². The van der Waals surface area contributed by atoms with E-state index in [0.717, 1.165) is 13.0 Å². The number of thioether (sulfide) groups is 1. The fourth-order valence-corrected chi connectivity index (χ4v) is 4.76. The predicted octanol–water partition coefficient (Wildman–Crippen LogP) is 3.21. The number of thiazole rings is 1. The molecule has 2 rings (SSSR count). The molecule has 2 N–H and O–H groups in total. The Morgan fingerprint density at radius 3 is 2.71 bits per heavy atom. The molecule has 1 fully saturated rings. The lowest BCUT2D eigenvalue weighted by Crippen LogP contribution is -2.34. The van der Waals surface area contributed by atoms with Gasteiger partial charge in [-0.25, -0.2) is 4.98 Å². The van der Waals surface area contributed by atoms with Crippen LogP contribution >= 0.6 is 23.1 Å². The first kappa shape index (κ1) is 13.4. The first-order valence-corrected chi connectivity index (χ1v) is 8.11. The third kappa shape index (κ3) is 3.04. The van der Waals surface area contributed by atoms with E-state index in [1.807, 2.05) is 11.8 Å². The summed E-state index contributed by atoms with van der Waals surface area (Å²) in [7, 11) is 0. The quantitative estimate of drug-likeness (QED) is 0.916. The zero-order valence-corrected chi connectivity index (χ0v) is 12.6. The Hall–Kier alpha value is -0.0600. The molecular formula is C13H22N2S2. The molecule has 1 unspecified atom stereocenters. The smallest absolute Gasteiger partial charge is 0.0942 e. The molecule has 1 aromatic heterocycles. The van der Waals surface area contributed by atoms with Crippen molar-refractivity contribution in [3.8, 4) is 0 Å². The van der Waals surface area contributed by atoms with Gasteiger partial charge in [0.15, 0.2) is 0 Å². The maximum atomic E-state index is 5.97. The summed E-state index contributed by atoms with van der Waals surface area (Å²) in [5.41, 5.74) is 7.34. The van der Waals surface area contributed by atoms with Crippen molar-refractivity contribution in [3.63, 3.8) is 0 Å². The monoisotopic (exact) mass is 270 g/mol. The minimum Gasteiger partial charge on any atom is -0.329 e. The van der Waals surface area contributed by atoms with Crippen molar-refractivity contribution in [2.45, 2.75) is 50.2 Å². The van der Waals surface area contributed by atoms with Gasteiger partial charge in [-0.2, -0.15) is 11.8 Å². The molecule has 1 atom stereocenters. The molecule has 96 valence electrons. The highest BCUT2D eigenvalue weighted by molar-refractivity contribution is 8.00. The van der Waals surface area contributed by atoms with E-state index in [2.05, 4.69) is 26.2 Å². The Morgan fingerprint density at radius 2 is 2.24 bits per heavy atom. The van der Waals surface area contributed by atoms with Crippen LogP contribution in [0.15, 0.2) is 5.38 Å². The van der Waals surface area contributed by atoms with Gasteiger partial charge >= 0.3 is 0 Å². The molecule has 0 radical (unpaired) electrons. The highest BCUT2D eigenvalue weighted by atomic mass is 32.2. The van der Waals surface area contributed by atoms with E-state index in [4.69, 9.17) is 10.7 Å². The third-order valence-corrected chi connectivity index (χ3v) is 5.82. The average Bonchev–Trinajstić information content (AvgIpc) is 2.87. The van der Waals surface area contributed by atoms with Gasteiger partial charge in [-0.3, -0.25) is 0 Å². The normalized spacial score (nSPS) is 25.4. The minimum absolute atomic E-state index is 0.160. The van der Waals surface area contributed by atoms with Crippen molar-refractivity contribution in [1.82, 2.24) is 4.98 Å². The lowest BCUT2D eigenvalue weighted by atomic mass is 9.93. The number of hydrogen-bond acceptors (Lipinski definition) is 4. The molecule has 17 heavy (non-hydrogen) atoms. The molecular weight excluding hydrogens is 248 g/mol. The molecule has 0 saturated carbocycles. The number of hydrogen-bond donors (Lipinski definition) is 1. The summed E-state index contributed by atoms with van der Waals surface area (Å²) in [5.74, 6) is 1.26. The van der Waals surface area contributed by atoms with Gasteiger partial charge in [0.1, 0.15) is 0 Å². The molecule has 0 aromatic carbocycles.